The predicted octanol–water partition coefficient (Wildman–Crippen LogP) is 0.801. The first kappa shape index (κ1) is 12.8. The first-order valence-corrected chi connectivity index (χ1v) is 6.80. The van der Waals surface area contributed by atoms with E-state index >= 15 is 0 Å². The van der Waals surface area contributed by atoms with Crippen molar-refractivity contribution in [2.75, 3.05) is 0 Å². The third-order valence-corrected chi connectivity index (χ3v) is 4.10. The van der Waals surface area contributed by atoms with Gasteiger partial charge in [0.1, 0.15) is 11.2 Å². The number of rotatable bonds is 4. The van der Waals surface area contributed by atoms with Crippen LogP contribution in [0.1, 0.15) is 23.0 Å². The summed E-state index contributed by atoms with van der Waals surface area (Å²) in [5, 5.41) is 6.51. The number of hydrogen-bond donors (Lipinski definition) is 2. The Morgan fingerprint density at radius 2 is 2.11 bits per heavy atom. The summed E-state index contributed by atoms with van der Waals surface area (Å²) in [7, 11) is -3.59. The first-order chi connectivity index (χ1) is 8.40. The number of aryl methyl sites for hydroxylation is 3. The zero-order valence-electron chi connectivity index (χ0n) is 10.3. The van der Waals surface area contributed by atoms with E-state index in [2.05, 4.69) is 19.9 Å². The van der Waals surface area contributed by atoms with Crippen molar-refractivity contribution < 1.29 is 12.8 Å². The number of oxazole rings is 1. The highest BCUT2D eigenvalue weighted by Crippen LogP contribution is 2.16. The minimum atomic E-state index is -3.59. The lowest BCUT2D eigenvalue weighted by molar-refractivity contribution is 0.520. The molecule has 0 aliphatic heterocycles. The number of nitrogens with zero attached hydrogens (tertiary/aromatic N) is 2. The molecular formula is C10H14N4O3S. The minimum Gasteiger partial charge on any atom is -0.449 e. The Hall–Kier alpha value is -1.67. The number of sulfonamides is 1. The van der Waals surface area contributed by atoms with Gasteiger partial charge < -0.3 is 4.42 Å². The number of nitrogens with one attached hydrogen (secondary N) is 2. The van der Waals surface area contributed by atoms with E-state index < -0.39 is 10.0 Å². The summed E-state index contributed by atoms with van der Waals surface area (Å²) in [6.45, 7) is 5.08. The van der Waals surface area contributed by atoms with E-state index in [0.29, 0.717) is 23.0 Å². The third-order valence-electron chi connectivity index (χ3n) is 2.44. The zero-order chi connectivity index (χ0) is 13.3. The fourth-order valence-electron chi connectivity index (χ4n) is 1.67. The van der Waals surface area contributed by atoms with Crippen molar-refractivity contribution in [3.05, 3.63) is 29.2 Å². The highest BCUT2D eigenvalue weighted by Gasteiger charge is 2.22. The zero-order valence-corrected chi connectivity index (χ0v) is 11.1. The van der Waals surface area contributed by atoms with Crippen molar-refractivity contribution in [1.82, 2.24) is 19.9 Å². The molecule has 0 fully saturated rings. The maximum absolute atomic E-state index is 12.1. The molecule has 0 amide bonds. The largest absolute Gasteiger partial charge is 0.449 e. The molecule has 2 heterocycles. The average Bonchev–Trinajstić information content (AvgIpc) is 2.83. The molecular weight excluding hydrogens is 256 g/mol. The lowest BCUT2D eigenvalue weighted by atomic mass is 10.4. The van der Waals surface area contributed by atoms with Gasteiger partial charge in [-0.25, -0.2) is 18.1 Å². The van der Waals surface area contributed by atoms with Gasteiger partial charge >= 0.3 is 0 Å². The molecule has 0 unspecified atom stereocenters. The standard InChI is InChI=1S/C10H14N4O3S/c1-6-10(7(2)14-13-6)18(15,16)11-4-9-5-17-8(3)12-9/h5,11H,4H2,1-3H3,(H,13,14). The van der Waals surface area contributed by atoms with Crippen molar-refractivity contribution in [1.29, 1.82) is 0 Å². The van der Waals surface area contributed by atoms with Gasteiger partial charge in [-0.05, 0) is 13.8 Å². The summed E-state index contributed by atoms with van der Waals surface area (Å²) in [5.41, 5.74) is 1.49. The van der Waals surface area contributed by atoms with Crippen molar-refractivity contribution >= 4 is 10.0 Å². The van der Waals surface area contributed by atoms with Gasteiger partial charge in [0.15, 0.2) is 5.89 Å². The molecule has 0 aromatic carbocycles. The monoisotopic (exact) mass is 270 g/mol. The highest BCUT2D eigenvalue weighted by molar-refractivity contribution is 7.89. The van der Waals surface area contributed by atoms with Crippen LogP contribution in [0, 0.1) is 20.8 Å². The Bertz CT molecular complexity index is 637. The summed E-state index contributed by atoms with van der Waals surface area (Å²) in [4.78, 5) is 4.21. The van der Waals surface area contributed by atoms with Gasteiger partial charge in [-0.3, -0.25) is 5.10 Å². The smallest absolute Gasteiger partial charge is 0.244 e. The van der Waals surface area contributed by atoms with Gasteiger partial charge in [0.2, 0.25) is 10.0 Å². The second-order valence-electron chi connectivity index (χ2n) is 3.95. The van der Waals surface area contributed by atoms with Crippen LogP contribution < -0.4 is 4.72 Å². The maximum atomic E-state index is 12.1. The molecule has 7 nitrogen and oxygen atoms in total. The highest BCUT2D eigenvalue weighted by atomic mass is 32.2. The van der Waals surface area contributed by atoms with E-state index in [1.807, 2.05) is 0 Å². The second-order valence-corrected chi connectivity index (χ2v) is 5.65. The predicted molar refractivity (Wildman–Crippen MR) is 63.3 cm³/mol. The summed E-state index contributed by atoms with van der Waals surface area (Å²) < 4.78 is 31.6. The van der Waals surface area contributed by atoms with Crippen LogP contribution in [0.3, 0.4) is 0 Å². The number of aromatic nitrogens is 3. The van der Waals surface area contributed by atoms with E-state index in [0.717, 1.165) is 0 Å². The maximum Gasteiger partial charge on any atom is 0.244 e. The molecule has 0 saturated carbocycles. The molecule has 2 N–H and O–H groups in total. The second kappa shape index (κ2) is 4.54. The fraction of sp³-hybridized carbons (Fsp3) is 0.400. The average molecular weight is 270 g/mol. The van der Waals surface area contributed by atoms with Crippen LogP contribution in [0.4, 0.5) is 0 Å². The van der Waals surface area contributed by atoms with Gasteiger partial charge in [0.25, 0.3) is 0 Å². The summed E-state index contributed by atoms with van der Waals surface area (Å²) >= 11 is 0. The van der Waals surface area contributed by atoms with Crippen molar-refractivity contribution in [2.45, 2.75) is 32.2 Å². The van der Waals surface area contributed by atoms with Gasteiger partial charge in [-0.15, -0.1) is 0 Å². The quantitative estimate of drug-likeness (QED) is 0.855. The van der Waals surface area contributed by atoms with Gasteiger partial charge in [0.05, 0.1) is 23.6 Å². The molecule has 8 heteroatoms. The van der Waals surface area contributed by atoms with Crippen LogP contribution in [-0.2, 0) is 16.6 Å². The molecule has 0 aliphatic rings. The first-order valence-electron chi connectivity index (χ1n) is 5.32. The van der Waals surface area contributed by atoms with Crippen LogP contribution in [0.2, 0.25) is 0 Å². The molecule has 0 aliphatic carbocycles. The Morgan fingerprint density at radius 3 is 2.61 bits per heavy atom. The number of hydrogen-bond acceptors (Lipinski definition) is 5. The summed E-state index contributed by atoms with van der Waals surface area (Å²) in [6.07, 6.45) is 1.42. The van der Waals surface area contributed by atoms with Crippen LogP contribution >= 0.6 is 0 Å². The van der Waals surface area contributed by atoms with Crippen LogP contribution in [0.5, 0.6) is 0 Å². The van der Waals surface area contributed by atoms with Crippen molar-refractivity contribution in [2.24, 2.45) is 0 Å². The molecule has 2 rings (SSSR count). The number of aromatic amines is 1. The molecule has 18 heavy (non-hydrogen) atoms. The lowest BCUT2D eigenvalue weighted by Crippen LogP contribution is -2.24. The van der Waals surface area contributed by atoms with Gasteiger partial charge in [0, 0.05) is 6.92 Å². The summed E-state index contributed by atoms with van der Waals surface area (Å²) in [6, 6.07) is 0. The van der Waals surface area contributed by atoms with E-state index in [4.69, 9.17) is 4.42 Å². The topological polar surface area (TPSA) is 101 Å². The molecule has 2 aromatic rings. The molecule has 98 valence electrons. The van der Waals surface area contributed by atoms with Gasteiger partial charge in [-0.2, -0.15) is 5.10 Å². The normalized spacial score (nSPS) is 11.9. The Labute approximate surface area is 105 Å². The van der Waals surface area contributed by atoms with E-state index in [1.165, 1.54) is 6.26 Å². The number of H-pyrrole nitrogens is 1. The molecule has 0 spiro atoms. The van der Waals surface area contributed by atoms with Crippen LogP contribution in [-0.4, -0.2) is 23.6 Å². The summed E-state index contributed by atoms with van der Waals surface area (Å²) in [5.74, 6) is 0.500. The minimum absolute atomic E-state index is 0.0870. The molecule has 0 radical (unpaired) electrons. The van der Waals surface area contributed by atoms with Crippen LogP contribution in [0.15, 0.2) is 15.6 Å². The van der Waals surface area contributed by atoms with E-state index in [1.54, 1.807) is 20.8 Å². The fourth-order valence-corrected chi connectivity index (χ4v) is 3.03. The Balaban J connectivity index is 2.18. The van der Waals surface area contributed by atoms with Crippen molar-refractivity contribution in [3.8, 4) is 0 Å². The van der Waals surface area contributed by atoms with Crippen LogP contribution in [0.25, 0.3) is 0 Å². The SMILES string of the molecule is Cc1nc(CNS(=O)(=O)c2c(C)n[nH]c2C)co1. The van der Waals surface area contributed by atoms with Crippen molar-refractivity contribution in [3.63, 3.8) is 0 Å². The molecule has 2 aromatic heterocycles. The molecule has 0 saturated heterocycles. The lowest BCUT2D eigenvalue weighted by Gasteiger charge is -2.04. The van der Waals surface area contributed by atoms with Gasteiger partial charge in [-0.1, -0.05) is 0 Å². The van der Waals surface area contributed by atoms with E-state index in [9.17, 15) is 8.42 Å². The Kier molecular flexibility index (Phi) is 3.22. The van der Waals surface area contributed by atoms with E-state index in [-0.39, 0.29) is 11.4 Å². The molecule has 0 bridgehead atoms. The third kappa shape index (κ3) is 2.44. The Morgan fingerprint density at radius 1 is 1.39 bits per heavy atom. The molecule has 0 atom stereocenters.